The third-order valence-corrected chi connectivity index (χ3v) is 4.73. The molecule has 0 aromatic heterocycles. The molecule has 3 heterocycles. The molecule has 110 valence electrons. The van der Waals surface area contributed by atoms with Crippen LogP contribution < -0.4 is 0 Å². The van der Waals surface area contributed by atoms with Crippen molar-refractivity contribution < 1.29 is 23.9 Å². The molecule has 2 saturated heterocycles. The van der Waals surface area contributed by atoms with E-state index in [0.29, 0.717) is 13.1 Å². The summed E-state index contributed by atoms with van der Waals surface area (Å²) in [5.41, 5.74) is 0. The van der Waals surface area contributed by atoms with Crippen molar-refractivity contribution >= 4 is 11.9 Å². The van der Waals surface area contributed by atoms with Crippen molar-refractivity contribution in [3.63, 3.8) is 0 Å². The van der Waals surface area contributed by atoms with E-state index in [9.17, 15) is 14.7 Å². The van der Waals surface area contributed by atoms with Crippen LogP contribution in [0.2, 0.25) is 0 Å². The van der Waals surface area contributed by atoms with E-state index >= 15 is 0 Å². The second-order valence-corrected chi connectivity index (χ2v) is 6.55. The summed E-state index contributed by atoms with van der Waals surface area (Å²) in [6, 6.07) is 0. The molecule has 4 atom stereocenters. The van der Waals surface area contributed by atoms with Crippen LogP contribution in [0.15, 0.2) is 12.2 Å². The highest BCUT2D eigenvalue weighted by atomic mass is 16.5. The van der Waals surface area contributed by atoms with Crippen LogP contribution in [0.5, 0.6) is 0 Å². The van der Waals surface area contributed by atoms with Crippen LogP contribution in [-0.2, 0) is 14.3 Å². The van der Waals surface area contributed by atoms with Gasteiger partial charge in [0.1, 0.15) is 5.92 Å². The summed E-state index contributed by atoms with van der Waals surface area (Å²) in [7, 11) is 4.29. The first-order valence-electron chi connectivity index (χ1n) is 7.06. The van der Waals surface area contributed by atoms with E-state index in [1.54, 1.807) is 6.08 Å². The van der Waals surface area contributed by atoms with E-state index < -0.39 is 23.9 Å². The van der Waals surface area contributed by atoms with Gasteiger partial charge in [-0.3, -0.25) is 9.59 Å². The zero-order valence-electron chi connectivity index (χ0n) is 11.9. The second-order valence-electron chi connectivity index (χ2n) is 6.55. The van der Waals surface area contributed by atoms with Crippen LogP contribution in [0, 0.1) is 11.8 Å². The predicted molar refractivity (Wildman–Crippen MR) is 70.8 cm³/mol. The molecule has 0 radical (unpaired) electrons. The largest absolute Gasteiger partial charge is 0.481 e. The molecular weight excluding hydrogens is 260 g/mol. The zero-order valence-corrected chi connectivity index (χ0v) is 11.9. The van der Waals surface area contributed by atoms with Crippen molar-refractivity contribution in [2.75, 3.05) is 40.3 Å². The lowest BCUT2D eigenvalue weighted by molar-refractivity contribution is -0.894. The SMILES string of the molecule is C[N+]1(C)CCN(C(=O)C2C(C(=O)O)[C@H]3C=C[C@@H]2O3)CC1. The molecule has 0 aliphatic carbocycles. The molecule has 3 aliphatic heterocycles. The number of aliphatic carboxylic acids is 1. The minimum absolute atomic E-state index is 0.0612. The summed E-state index contributed by atoms with van der Waals surface area (Å²) in [4.78, 5) is 25.9. The number of hydrogen-bond donors (Lipinski definition) is 1. The Bertz CT molecular complexity index is 464. The lowest BCUT2D eigenvalue weighted by atomic mass is 9.82. The van der Waals surface area contributed by atoms with E-state index in [4.69, 9.17) is 4.74 Å². The first-order chi connectivity index (χ1) is 9.39. The highest BCUT2D eigenvalue weighted by Crippen LogP contribution is 2.40. The Kier molecular flexibility index (Phi) is 3.10. The molecule has 6 heteroatoms. The van der Waals surface area contributed by atoms with Gasteiger partial charge in [0.25, 0.3) is 0 Å². The number of ether oxygens (including phenoxy) is 1. The average Bonchev–Trinajstić information content (AvgIpc) is 2.97. The predicted octanol–water partition coefficient (Wildman–Crippen LogP) is -0.441. The molecule has 2 unspecified atom stereocenters. The van der Waals surface area contributed by atoms with E-state index in [2.05, 4.69) is 14.1 Å². The number of piperazine rings is 1. The van der Waals surface area contributed by atoms with Gasteiger partial charge in [-0.15, -0.1) is 0 Å². The number of carboxylic acids is 1. The number of likely N-dealkylation sites (N-methyl/N-ethyl adjacent to an activating group) is 1. The molecule has 3 rings (SSSR count). The Hall–Kier alpha value is -1.40. The lowest BCUT2D eigenvalue weighted by Crippen LogP contribution is -2.58. The number of carbonyl (C=O) groups excluding carboxylic acids is 1. The highest BCUT2D eigenvalue weighted by molar-refractivity contribution is 5.87. The Labute approximate surface area is 118 Å². The van der Waals surface area contributed by atoms with Gasteiger partial charge in [-0.2, -0.15) is 0 Å². The minimum atomic E-state index is -0.937. The third-order valence-electron chi connectivity index (χ3n) is 4.73. The Morgan fingerprint density at radius 3 is 2.25 bits per heavy atom. The fourth-order valence-electron chi connectivity index (χ4n) is 3.33. The van der Waals surface area contributed by atoms with Gasteiger partial charge in [0.2, 0.25) is 5.91 Å². The molecule has 20 heavy (non-hydrogen) atoms. The van der Waals surface area contributed by atoms with Gasteiger partial charge in [-0.25, -0.2) is 0 Å². The Balaban J connectivity index is 1.74. The summed E-state index contributed by atoms with van der Waals surface area (Å²) < 4.78 is 6.47. The lowest BCUT2D eigenvalue weighted by Gasteiger charge is -2.40. The zero-order chi connectivity index (χ0) is 14.5. The molecule has 0 aromatic rings. The van der Waals surface area contributed by atoms with E-state index in [0.717, 1.165) is 17.6 Å². The molecule has 0 aromatic carbocycles. The Morgan fingerprint density at radius 2 is 1.70 bits per heavy atom. The first-order valence-corrected chi connectivity index (χ1v) is 7.06. The molecule has 6 nitrogen and oxygen atoms in total. The number of fused-ring (bicyclic) bond motifs is 2. The summed E-state index contributed by atoms with van der Waals surface area (Å²) in [6.07, 6.45) is 2.79. The number of rotatable bonds is 2. The van der Waals surface area contributed by atoms with Gasteiger partial charge in [0.15, 0.2) is 0 Å². The van der Waals surface area contributed by atoms with E-state index in [-0.39, 0.29) is 12.0 Å². The highest BCUT2D eigenvalue weighted by Gasteiger charge is 2.54. The molecule has 0 spiro atoms. The van der Waals surface area contributed by atoms with Gasteiger partial charge in [-0.1, -0.05) is 12.2 Å². The van der Waals surface area contributed by atoms with Crippen molar-refractivity contribution in [2.24, 2.45) is 11.8 Å². The minimum Gasteiger partial charge on any atom is -0.481 e. The maximum absolute atomic E-state index is 12.7. The van der Waals surface area contributed by atoms with Gasteiger partial charge < -0.3 is 19.2 Å². The topological polar surface area (TPSA) is 66.8 Å². The first kappa shape index (κ1) is 13.6. The fourth-order valence-corrected chi connectivity index (χ4v) is 3.33. The molecular formula is C14H21N2O4+. The van der Waals surface area contributed by atoms with Crippen molar-refractivity contribution in [1.82, 2.24) is 4.90 Å². The van der Waals surface area contributed by atoms with Crippen LogP contribution in [-0.4, -0.2) is 78.8 Å². The molecule has 1 amide bonds. The molecule has 1 N–H and O–H groups in total. The van der Waals surface area contributed by atoms with Crippen molar-refractivity contribution in [3.8, 4) is 0 Å². The van der Waals surface area contributed by atoms with Gasteiger partial charge >= 0.3 is 5.97 Å². The number of carboxylic acid groups (broad SMARTS) is 1. The number of carbonyl (C=O) groups is 2. The van der Waals surface area contributed by atoms with Crippen molar-refractivity contribution in [1.29, 1.82) is 0 Å². The van der Waals surface area contributed by atoms with Crippen LogP contribution in [0.4, 0.5) is 0 Å². The monoisotopic (exact) mass is 281 g/mol. The molecule has 2 bridgehead atoms. The van der Waals surface area contributed by atoms with Crippen LogP contribution in [0.1, 0.15) is 0 Å². The van der Waals surface area contributed by atoms with Crippen LogP contribution >= 0.6 is 0 Å². The molecule has 0 saturated carbocycles. The number of amides is 1. The number of nitrogens with zero attached hydrogens (tertiary/aromatic N) is 2. The van der Waals surface area contributed by atoms with Crippen molar-refractivity contribution in [3.05, 3.63) is 12.2 Å². The smallest absolute Gasteiger partial charge is 0.310 e. The van der Waals surface area contributed by atoms with Crippen molar-refractivity contribution in [2.45, 2.75) is 12.2 Å². The normalized spacial score (nSPS) is 38.2. The summed E-state index contributed by atoms with van der Waals surface area (Å²) >= 11 is 0. The van der Waals surface area contributed by atoms with Crippen LogP contribution in [0.25, 0.3) is 0 Å². The summed E-state index contributed by atoms with van der Waals surface area (Å²) in [6.45, 7) is 3.19. The quantitative estimate of drug-likeness (QED) is 0.550. The molecule has 2 fully saturated rings. The van der Waals surface area contributed by atoms with Gasteiger partial charge in [-0.05, 0) is 0 Å². The number of quaternary nitrogens is 1. The second kappa shape index (κ2) is 4.56. The van der Waals surface area contributed by atoms with Gasteiger partial charge in [0.05, 0.1) is 58.4 Å². The molecule has 3 aliphatic rings. The fraction of sp³-hybridized carbons (Fsp3) is 0.714. The van der Waals surface area contributed by atoms with E-state index in [1.807, 2.05) is 11.0 Å². The average molecular weight is 281 g/mol. The summed E-state index contributed by atoms with van der Waals surface area (Å²) in [5.74, 6) is -2.29. The maximum Gasteiger partial charge on any atom is 0.310 e. The maximum atomic E-state index is 12.7. The third kappa shape index (κ3) is 2.13. The van der Waals surface area contributed by atoms with E-state index in [1.165, 1.54) is 0 Å². The number of hydrogen-bond acceptors (Lipinski definition) is 3. The summed E-state index contributed by atoms with van der Waals surface area (Å²) in [5, 5.41) is 9.35. The standard InChI is InChI=1S/C14H20N2O4/c1-16(2)7-5-15(6-8-16)13(17)11-9-3-4-10(20-9)12(11)14(18)19/h3-4,9-12H,5-8H2,1-2H3/p+1/t9-,10+,11?,12?/m0/s1. The van der Waals surface area contributed by atoms with Crippen LogP contribution in [0.3, 0.4) is 0 Å². The Morgan fingerprint density at radius 1 is 1.15 bits per heavy atom. The van der Waals surface area contributed by atoms with Gasteiger partial charge in [0, 0.05) is 0 Å².